The van der Waals surface area contributed by atoms with Gasteiger partial charge in [-0.1, -0.05) is 44.2 Å². The van der Waals surface area contributed by atoms with Crippen molar-refractivity contribution < 1.29 is 0 Å². The molecule has 0 spiro atoms. The Balaban J connectivity index is 2.80. The zero-order chi connectivity index (χ0) is 11.0. The van der Waals surface area contributed by atoms with E-state index in [2.05, 4.69) is 58.0 Å². The molecule has 0 aliphatic heterocycles. The van der Waals surface area contributed by atoms with Crippen molar-refractivity contribution in [2.75, 3.05) is 0 Å². The van der Waals surface area contributed by atoms with Crippen LogP contribution in [0.15, 0.2) is 30.3 Å². The maximum atomic E-state index is 2.32. The minimum Gasteiger partial charge on any atom is -0.0613 e. The van der Waals surface area contributed by atoms with Crippen LogP contribution in [0.5, 0.6) is 0 Å². The van der Waals surface area contributed by atoms with Crippen LogP contribution in [0.3, 0.4) is 0 Å². The number of hydrogen-bond donors (Lipinski definition) is 0. The second kappa shape index (κ2) is 3.69. The highest BCUT2D eigenvalue weighted by Crippen LogP contribution is 2.27. The van der Waals surface area contributed by atoms with E-state index in [1.807, 2.05) is 0 Å². The van der Waals surface area contributed by atoms with Gasteiger partial charge in [0, 0.05) is 0 Å². The Morgan fingerprint density at radius 3 is 2.27 bits per heavy atom. The summed E-state index contributed by atoms with van der Waals surface area (Å²) in [6, 6.07) is 11.2. The predicted octanol–water partition coefficient (Wildman–Crippen LogP) is 4.58. The van der Waals surface area contributed by atoms with E-state index in [1.165, 1.54) is 27.5 Å². The number of rotatable bonds is 1. The van der Waals surface area contributed by atoms with Gasteiger partial charge < -0.3 is 0 Å². The van der Waals surface area contributed by atoms with Crippen molar-refractivity contribution in [3.63, 3.8) is 0 Å². The number of hydrogen-bond acceptors (Lipinski definition) is 0. The molecule has 15 heavy (non-hydrogen) atoms. The summed E-state index contributed by atoms with van der Waals surface area (Å²) in [6.07, 6.45) is 0. The van der Waals surface area contributed by atoms with Crippen LogP contribution in [0.4, 0.5) is 0 Å². The quantitative estimate of drug-likeness (QED) is 0.629. The third-order valence-electron chi connectivity index (χ3n) is 3.15. The molecule has 0 bridgehead atoms. The van der Waals surface area contributed by atoms with E-state index in [1.54, 1.807) is 0 Å². The Kier molecular flexibility index (Phi) is 2.52. The Labute approximate surface area is 91.9 Å². The summed E-state index contributed by atoms with van der Waals surface area (Å²) in [6.45, 7) is 8.87. The summed E-state index contributed by atoms with van der Waals surface area (Å²) in [5, 5.41) is 2.78. The van der Waals surface area contributed by atoms with E-state index in [0.29, 0.717) is 5.92 Å². The molecule has 0 radical (unpaired) electrons. The molecule has 0 N–H and O–H groups in total. The van der Waals surface area contributed by atoms with Gasteiger partial charge in [0.05, 0.1) is 0 Å². The van der Waals surface area contributed by atoms with E-state index in [4.69, 9.17) is 0 Å². The van der Waals surface area contributed by atoms with Crippen LogP contribution < -0.4 is 0 Å². The largest absolute Gasteiger partial charge is 0.0613 e. The van der Waals surface area contributed by atoms with Crippen LogP contribution in [0, 0.1) is 13.8 Å². The SMILES string of the molecule is Cc1cc2cccc(C(C)C)c2cc1C. The zero-order valence-corrected chi connectivity index (χ0v) is 9.96. The Morgan fingerprint density at radius 1 is 0.933 bits per heavy atom. The standard InChI is InChI=1S/C15H18/c1-10(2)14-7-5-6-13-8-11(3)12(4)9-15(13)14/h5-10H,1-4H3. The first kappa shape index (κ1) is 10.2. The van der Waals surface area contributed by atoms with Crippen molar-refractivity contribution in [2.45, 2.75) is 33.6 Å². The highest BCUT2D eigenvalue weighted by atomic mass is 14.1. The molecule has 0 aliphatic rings. The van der Waals surface area contributed by atoms with E-state index in [9.17, 15) is 0 Å². The predicted molar refractivity (Wildman–Crippen MR) is 67.5 cm³/mol. The molecular weight excluding hydrogens is 180 g/mol. The first-order valence-corrected chi connectivity index (χ1v) is 5.59. The van der Waals surface area contributed by atoms with Gasteiger partial charge in [-0.05, 0) is 47.2 Å². The van der Waals surface area contributed by atoms with E-state index in [-0.39, 0.29) is 0 Å². The molecule has 2 rings (SSSR count). The summed E-state index contributed by atoms with van der Waals surface area (Å²) in [5.41, 5.74) is 4.22. The number of benzene rings is 2. The smallest absolute Gasteiger partial charge is 0.0146 e. The van der Waals surface area contributed by atoms with E-state index < -0.39 is 0 Å². The molecule has 0 aromatic heterocycles. The lowest BCUT2D eigenvalue weighted by atomic mass is 9.93. The van der Waals surface area contributed by atoms with Crippen molar-refractivity contribution in [2.24, 2.45) is 0 Å². The highest BCUT2D eigenvalue weighted by molar-refractivity contribution is 5.87. The number of aryl methyl sites for hydroxylation is 2. The number of fused-ring (bicyclic) bond motifs is 1. The molecule has 0 saturated carbocycles. The van der Waals surface area contributed by atoms with Gasteiger partial charge in [0.1, 0.15) is 0 Å². The van der Waals surface area contributed by atoms with Crippen molar-refractivity contribution in [3.8, 4) is 0 Å². The lowest BCUT2D eigenvalue weighted by molar-refractivity contribution is 0.876. The molecule has 0 heterocycles. The Bertz CT molecular complexity index is 493. The fourth-order valence-corrected chi connectivity index (χ4v) is 2.08. The van der Waals surface area contributed by atoms with Gasteiger partial charge >= 0.3 is 0 Å². The van der Waals surface area contributed by atoms with Crippen molar-refractivity contribution >= 4 is 10.8 Å². The average molecular weight is 198 g/mol. The molecule has 0 amide bonds. The van der Waals surface area contributed by atoms with E-state index >= 15 is 0 Å². The van der Waals surface area contributed by atoms with Crippen LogP contribution >= 0.6 is 0 Å². The molecule has 0 aliphatic carbocycles. The van der Waals surface area contributed by atoms with Crippen LogP contribution in [-0.4, -0.2) is 0 Å². The molecule has 0 unspecified atom stereocenters. The lowest BCUT2D eigenvalue weighted by Gasteiger charge is -2.11. The average Bonchev–Trinajstić information content (AvgIpc) is 2.18. The summed E-state index contributed by atoms with van der Waals surface area (Å²) in [5.74, 6) is 0.593. The van der Waals surface area contributed by atoms with Gasteiger partial charge in [0.15, 0.2) is 0 Å². The molecule has 0 fully saturated rings. The van der Waals surface area contributed by atoms with Crippen LogP contribution in [0.2, 0.25) is 0 Å². The summed E-state index contributed by atoms with van der Waals surface area (Å²) in [7, 11) is 0. The molecule has 0 nitrogen and oxygen atoms in total. The van der Waals surface area contributed by atoms with Crippen LogP contribution in [0.25, 0.3) is 10.8 Å². The van der Waals surface area contributed by atoms with Crippen LogP contribution in [0.1, 0.15) is 36.5 Å². The van der Waals surface area contributed by atoms with Crippen molar-refractivity contribution in [1.82, 2.24) is 0 Å². The topological polar surface area (TPSA) is 0 Å². The maximum Gasteiger partial charge on any atom is -0.0146 e. The molecule has 2 aromatic carbocycles. The summed E-state index contributed by atoms with van der Waals surface area (Å²) in [4.78, 5) is 0. The minimum atomic E-state index is 0.593. The highest BCUT2D eigenvalue weighted by Gasteiger charge is 2.05. The molecule has 78 valence electrons. The summed E-state index contributed by atoms with van der Waals surface area (Å²) < 4.78 is 0. The van der Waals surface area contributed by atoms with Gasteiger partial charge in [0.25, 0.3) is 0 Å². The van der Waals surface area contributed by atoms with Crippen molar-refractivity contribution in [1.29, 1.82) is 0 Å². The molecule has 0 atom stereocenters. The first-order chi connectivity index (χ1) is 7.09. The maximum absolute atomic E-state index is 2.32. The van der Waals surface area contributed by atoms with Gasteiger partial charge in [0.2, 0.25) is 0 Å². The third-order valence-corrected chi connectivity index (χ3v) is 3.15. The second-order valence-corrected chi connectivity index (χ2v) is 4.66. The fourth-order valence-electron chi connectivity index (χ4n) is 2.08. The monoisotopic (exact) mass is 198 g/mol. The van der Waals surface area contributed by atoms with Crippen LogP contribution in [-0.2, 0) is 0 Å². The minimum absolute atomic E-state index is 0.593. The van der Waals surface area contributed by atoms with Gasteiger partial charge in [-0.3, -0.25) is 0 Å². The van der Waals surface area contributed by atoms with Crippen molar-refractivity contribution in [3.05, 3.63) is 47.0 Å². The lowest BCUT2D eigenvalue weighted by Crippen LogP contribution is -1.91. The third kappa shape index (κ3) is 1.77. The summed E-state index contributed by atoms with van der Waals surface area (Å²) >= 11 is 0. The normalized spacial score (nSPS) is 11.3. The fraction of sp³-hybridized carbons (Fsp3) is 0.333. The first-order valence-electron chi connectivity index (χ1n) is 5.59. The Morgan fingerprint density at radius 2 is 1.60 bits per heavy atom. The molecule has 0 heteroatoms. The molecular formula is C15H18. The zero-order valence-electron chi connectivity index (χ0n) is 9.96. The van der Waals surface area contributed by atoms with Gasteiger partial charge in [-0.25, -0.2) is 0 Å². The van der Waals surface area contributed by atoms with Gasteiger partial charge in [-0.2, -0.15) is 0 Å². The van der Waals surface area contributed by atoms with E-state index in [0.717, 1.165) is 0 Å². The molecule has 2 aromatic rings. The second-order valence-electron chi connectivity index (χ2n) is 4.66. The molecule has 0 saturated heterocycles. The Hall–Kier alpha value is -1.30. The van der Waals surface area contributed by atoms with Gasteiger partial charge in [-0.15, -0.1) is 0 Å².